The Balaban J connectivity index is 0.00000107. The van der Waals surface area contributed by atoms with Gasteiger partial charge in [-0.05, 0) is 104 Å². The zero-order chi connectivity index (χ0) is 41.4. The zero-order valence-corrected chi connectivity index (χ0v) is 35.2. The van der Waals surface area contributed by atoms with E-state index in [-0.39, 0.29) is 13.0 Å². The Morgan fingerprint density at radius 2 is 1.40 bits per heavy atom. The summed E-state index contributed by atoms with van der Waals surface area (Å²) in [4.78, 5) is 16.9. The number of aliphatic carboxylic acids is 1. The number of aromatic nitrogens is 1. The Labute approximate surface area is 346 Å². The summed E-state index contributed by atoms with van der Waals surface area (Å²) in [7, 11) is 0. The van der Waals surface area contributed by atoms with Gasteiger partial charge in [-0.1, -0.05) is 109 Å². The lowest BCUT2D eigenvalue weighted by molar-refractivity contribution is -0.136. The number of pyridine rings is 1. The van der Waals surface area contributed by atoms with Crippen LogP contribution in [0.25, 0.3) is 22.3 Å². The molecule has 8 nitrogen and oxygen atoms in total. The molecule has 0 spiro atoms. The second kappa shape index (κ2) is 18.7. The van der Waals surface area contributed by atoms with Gasteiger partial charge < -0.3 is 28.7 Å². The van der Waals surface area contributed by atoms with Crippen LogP contribution in [0.3, 0.4) is 0 Å². The van der Waals surface area contributed by atoms with Crippen molar-refractivity contribution in [1.29, 1.82) is 0 Å². The topological polar surface area (TPSA) is 101 Å². The van der Waals surface area contributed by atoms with Gasteiger partial charge in [0.25, 0.3) is 0 Å². The Kier molecular flexibility index (Phi) is 13.5. The third kappa shape index (κ3) is 10.4. The second-order valence-electron chi connectivity index (χ2n) is 15.4. The van der Waals surface area contributed by atoms with E-state index in [1.165, 1.54) is 5.56 Å². The van der Waals surface area contributed by atoms with Crippen molar-refractivity contribution in [1.82, 2.24) is 4.98 Å². The van der Waals surface area contributed by atoms with Crippen molar-refractivity contribution >= 4 is 23.6 Å². The summed E-state index contributed by atoms with van der Waals surface area (Å²) < 4.78 is 21.5. The molecule has 1 aromatic heterocycles. The van der Waals surface area contributed by atoms with Gasteiger partial charge in [0, 0.05) is 24.1 Å². The van der Waals surface area contributed by atoms with Crippen LogP contribution in [0.15, 0.2) is 115 Å². The van der Waals surface area contributed by atoms with Crippen molar-refractivity contribution in [2.45, 2.75) is 79.9 Å². The van der Waals surface area contributed by atoms with Crippen molar-refractivity contribution in [2.75, 3.05) is 10.6 Å². The van der Waals surface area contributed by atoms with Gasteiger partial charge in [-0.3, -0.25) is 9.78 Å². The summed E-state index contributed by atoms with van der Waals surface area (Å²) in [5, 5.41) is 18.5. The van der Waals surface area contributed by atoms with E-state index in [1.807, 2.05) is 72.8 Å². The highest BCUT2D eigenvalue weighted by Gasteiger charge is 2.31. The van der Waals surface area contributed by atoms with Crippen LogP contribution in [0.1, 0.15) is 65.4 Å². The monoisotopic (exact) mass is 796 g/mol. The van der Waals surface area contributed by atoms with Gasteiger partial charge in [0.1, 0.15) is 31.3 Å². The lowest BCUT2D eigenvalue weighted by Crippen LogP contribution is -2.22. The average Bonchev–Trinajstić information content (AvgIpc) is 3.20. The molecule has 300 valence electrons. The molecule has 0 unspecified atom stereocenters. The molecular weight excluding hydrogens is 745 g/mol. The Morgan fingerprint density at radius 3 is 2.00 bits per heavy atom. The first-order valence-electron chi connectivity index (χ1n) is 19.4. The molecule has 6 aromatic rings. The van der Waals surface area contributed by atoms with Crippen LogP contribution in [-0.2, 0) is 37.6 Å². The minimum Gasteiger partial charge on any atom is -0.487 e. The van der Waals surface area contributed by atoms with E-state index in [0.717, 1.165) is 61.3 Å². The van der Waals surface area contributed by atoms with Gasteiger partial charge in [-0.25, -0.2) is 0 Å². The molecule has 0 bridgehead atoms. The fourth-order valence-electron chi connectivity index (χ4n) is 7.04. The van der Waals surface area contributed by atoms with Gasteiger partial charge >= 0.3 is 5.97 Å². The minimum absolute atomic E-state index is 0.0583. The van der Waals surface area contributed by atoms with Crippen LogP contribution in [0.4, 0.5) is 5.69 Å². The highest BCUT2D eigenvalue weighted by Crippen LogP contribution is 2.51. The predicted molar refractivity (Wildman–Crippen MR) is 235 cm³/mol. The van der Waals surface area contributed by atoms with E-state index < -0.39 is 11.6 Å². The number of hydrogen-bond donors (Lipinski definition) is 2. The van der Waals surface area contributed by atoms with Crippen molar-refractivity contribution in [3.8, 4) is 39.5 Å². The van der Waals surface area contributed by atoms with E-state index in [4.69, 9.17) is 19.3 Å². The van der Waals surface area contributed by atoms with Crippen LogP contribution in [0, 0.1) is 20.8 Å². The molecule has 0 aliphatic carbocycles. The molecule has 1 aliphatic heterocycles. The Hall–Kier alpha value is -5.77. The van der Waals surface area contributed by atoms with E-state index in [9.17, 15) is 9.90 Å². The first kappa shape index (κ1) is 41.9. The maximum absolute atomic E-state index is 12.2. The highest BCUT2D eigenvalue weighted by molar-refractivity contribution is 7.99. The summed E-state index contributed by atoms with van der Waals surface area (Å²) in [6.07, 6.45) is 3.73. The molecule has 2 heterocycles. The molecule has 0 saturated carbocycles. The lowest BCUT2D eigenvalue weighted by Gasteiger charge is -2.36. The SMILES string of the molecule is CC(C)(C)O.CSN1Cc2ccc(OCc3nccc(OCc4ccccc4)c3OCc3ccccc3)cc2-c2c(C)c(-c3ccc(C)cc3)c(CC(=O)O)c(C)c21. The standard InChI is InChI=1S/C45H42N2O5S.C4H10O/c1-29-15-17-34(18-16-29)42-31(3)43-38-23-36(20-19-35(38)25-47(53-4)44(43)30(2)37(42)24-41(48)49)50-28-39-45(52-27-33-13-9-6-10-14-33)40(21-22-46-39)51-26-32-11-7-5-8-12-32;1-4(2,3)5/h5-23H,24-28H2,1-4H3,(H,48,49);5H,1-3H3. The molecule has 0 saturated heterocycles. The van der Waals surface area contributed by atoms with Crippen molar-refractivity contribution < 1.29 is 29.2 Å². The first-order chi connectivity index (χ1) is 27.8. The highest BCUT2D eigenvalue weighted by atomic mass is 32.2. The number of benzene rings is 5. The lowest BCUT2D eigenvalue weighted by atomic mass is 9.81. The van der Waals surface area contributed by atoms with E-state index >= 15 is 0 Å². The number of carboxylic acids is 1. The zero-order valence-electron chi connectivity index (χ0n) is 34.3. The molecule has 58 heavy (non-hydrogen) atoms. The van der Waals surface area contributed by atoms with Crippen molar-refractivity contribution in [3.05, 3.63) is 160 Å². The van der Waals surface area contributed by atoms with Crippen molar-refractivity contribution in [2.24, 2.45) is 0 Å². The van der Waals surface area contributed by atoms with E-state index in [0.29, 0.717) is 42.7 Å². The van der Waals surface area contributed by atoms with Crippen LogP contribution in [0.5, 0.6) is 17.2 Å². The van der Waals surface area contributed by atoms with Crippen LogP contribution >= 0.6 is 11.9 Å². The molecule has 0 atom stereocenters. The fraction of sp³-hybridized carbons (Fsp3) is 0.265. The first-order valence-corrected chi connectivity index (χ1v) is 20.5. The molecule has 1 aliphatic rings. The smallest absolute Gasteiger partial charge is 0.307 e. The molecule has 5 aromatic carbocycles. The summed E-state index contributed by atoms with van der Waals surface area (Å²) in [5.74, 6) is 0.995. The molecule has 0 amide bonds. The number of carbonyl (C=O) groups is 1. The molecule has 2 N–H and O–H groups in total. The van der Waals surface area contributed by atoms with Gasteiger partial charge in [0.15, 0.2) is 11.5 Å². The molecule has 7 rings (SSSR count). The minimum atomic E-state index is -0.848. The molecule has 0 radical (unpaired) electrons. The summed E-state index contributed by atoms with van der Waals surface area (Å²) in [6.45, 7) is 13.0. The molecule has 0 fully saturated rings. The van der Waals surface area contributed by atoms with Gasteiger partial charge in [-0.15, -0.1) is 0 Å². The maximum atomic E-state index is 12.2. The number of ether oxygens (including phenoxy) is 3. The summed E-state index contributed by atoms with van der Waals surface area (Å²) in [5.41, 5.74) is 12.6. The van der Waals surface area contributed by atoms with Crippen LogP contribution in [0.2, 0.25) is 0 Å². The number of fused-ring (bicyclic) bond motifs is 3. The van der Waals surface area contributed by atoms with Crippen molar-refractivity contribution in [3.63, 3.8) is 0 Å². The number of nitrogens with zero attached hydrogens (tertiary/aromatic N) is 2. The Morgan fingerprint density at radius 1 is 0.776 bits per heavy atom. The number of aryl methyl sites for hydroxylation is 1. The molecular formula is C49H52N2O6S. The third-order valence-corrected chi connectivity index (χ3v) is 10.4. The molecule has 9 heteroatoms. The fourth-order valence-corrected chi connectivity index (χ4v) is 7.71. The summed E-state index contributed by atoms with van der Waals surface area (Å²) in [6, 6.07) is 36.5. The van der Waals surface area contributed by atoms with E-state index in [1.54, 1.807) is 38.9 Å². The number of anilines is 1. The van der Waals surface area contributed by atoms with Gasteiger partial charge in [0.05, 0.1) is 24.3 Å². The second-order valence-corrected chi connectivity index (χ2v) is 16.2. The third-order valence-electron chi connectivity index (χ3n) is 9.68. The van der Waals surface area contributed by atoms with Crippen LogP contribution in [-0.4, -0.2) is 33.0 Å². The normalized spacial score (nSPS) is 11.8. The number of hydrogen-bond acceptors (Lipinski definition) is 8. The predicted octanol–water partition coefficient (Wildman–Crippen LogP) is 11.1. The quantitative estimate of drug-likeness (QED) is 0.111. The van der Waals surface area contributed by atoms with E-state index in [2.05, 4.69) is 72.7 Å². The number of carboxylic acid groups (broad SMARTS) is 1. The van der Waals surface area contributed by atoms with Gasteiger partial charge in [0.2, 0.25) is 0 Å². The number of aliphatic hydroxyl groups is 1. The largest absolute Gasteiger partial charge is 0.487 e. The van der Waals surface area contributed by atoms with Crippen LogP contribution < -0.4 is 18.5 Å². The number of rotatable bonds is 13. The average molecular weight is 797 g/mol. The summed E-state index contributed by atoms with van der Waals surface area (Å²) >= 11 is 1.65. The Bertz CT molecular complexity index is 2340. The maximum Gasteiger partial charge on any atom is 0.307 e. The van der Waals surface area contributed by atoms with Gasteiger partial charge in [-0.2, -0.15) is 0 Å².